The van der Waals surface area contributed by atoms with Crippen molar-refractivity contribution >= 4 is 16.9 Å². The predicted molar refractivity (Wildman–Crippen MR) is 79.8 cm³/mol. The monoisotopic (exact) mass is 331 g/mol. The standard InChI is InChI=1S/C16H14FN3O4/c1-9-18-19-15(23-9)14-8-20(4-5-22-14)16(21)13-7-10-6-11(17)2-3-12(10)24-13/h2-3,6-7,14H,4-5,8H2,1H3/t14-/m0/s1. The zero-order chi connectivity index (χ0) is 16.7. The van der Waals surface area contributed by atoms with Crippen LogP contribution in [0.2, 0.25) is 0 Å². The maximum absolute atomic E-state index is 13.3. The van der Waals surface area contributed by atoms with Crippen LogP contribution in [-0.2, 0) is 4.74 Å². The van der Waals surface area contributed by atoms with Gasteiger partial charge in [0.05, 0.1) is 13.2 Å². The van der Waals surface area contributed by atoms with E-state index in [1.165, 1.54) is 18.2 Å². The fraction of sp³-hybridized carbons (Fsp3) is 0.312. The number of fused-ring (bicyclic) bond motifs is 1. The van der Waals surface area contributed by atoms with Crippen LogP contribution in [0, 0.1) is 12.7 Å². The Morgan fingerprint density at radius 2 is 2.17 bits per heavy atom. The van der Waals surface area contributed by atoms with Gasteiger partial charge in [-0.2, -0.15) is 0 Å². The molecule has 0 N–H and O–H groups in total. The number of aromatic nitrogens is 2. The molecule has 1 aliphatic heterocycles. The van der Waals surface area contributed by atoms with Crippen LogP contribution in [0.4, 0.5) is 4.39 Å². The number of hydrogen-bond donors (Lipinski definition) is 0. The minimum atomic E-state index is -0.467. The second-order valence-electron chi connectivity index (χ2n) is 5.56. The van der Waals surface area contributed by atoms with Gasteiger partial charge in [-0.3, -0.25) is 4.79 Å². The molecule has 1 saturated heterocycles. The van der Waals surface area contributed by atoms with E-state index in [0.717, 1.165) is 0 Å². The minimum Gasteiger partial charge on any atom is -0.451 e. The molecule has 1 atom stereocenters. The molecule has 0 bridgehead atoms. The van der Waals surface area contributed by atoms with Gasteiger partial charge in [0.25, 0.3) is 5.91 Å². The van der Waals surface area contributed by atoms with Crippen molar-refractivity contribution in [1.29, 1.82) is 0 Å². The van der Waals surface area contributed by atoms with Crippen LogP contribution >= 0.6 is 0 Å². The Kier molecular flexibility index (Phi) is 3.53. The Morgan fingerprint density at radius 3 is 2.96 bits per heavy atom. The first-order chi connectivity index (χ1) is 11.6. The molecule has 4 rings (SSSR count). The lowest BCUT2D eigenvalue weighted by atomic mass is 10.2. The van der Waals surface area contributed by atoms with Gasteiger partial charge in [-0.05, 0) is 24.3 Å². The van der Waals surface area contributed by atoms with Crippen LogP contribution in [0.1, 0.15) is 28.4 Å². The Balaban J connectivity index is 1.56. The van der Waals surface area contributed by atoms with E-state index in [1.807, 2.05) is 0 Å². The maximum Gasteiger partial charge on any atom is 0.289 e. The number of halogens is 1. The lowest BCUT2D eigenvalue weighted by Crippen LogP contribution is -2.42. The highest BCUT2D eigenvalue weighted by Gasteiger charge is 2.30. The molecule has 124 valence electrons. The third kappa shape index (κ3) is 2.65. The van der Waals surface area contributed by atoms with E-state index in [-0.39, 0.29) is 24.0 Å². The first-order valence-corrected chi connectivity index (χ1v) is 7.50. The summed E-state index contributed by atoms with van der Waals surface area (Å²) >= 11 is 0. The van der Waals surface area contributed by atoms with Crippen LogP contribution in [0.3, 0.4) is 0 Å². The number of furan rings is 1. The first kappa shape index (κ1) is 14.8. The summed E-state index contributed by atoms with van der Waals surface area (Å²) in [7, 11) is 0. The minimum absolute atomic E-state index is 0.165. The maximum atomic E-state index is 13.3. The third-order valence-corrected chi connectivity index (χ3v) is 3.86. The van der Waals surface area contributed by atoms with Crippen molar-refractivity contribution in [3.05, 3.63) is 47.6 Å². The summed E-state index contributed by atoms with van der Waals surface area (Å²) in [5.74, 6) is 0.294. The summed E-state index contributed by atoms with van der Waals surface area (Å²) in [5, 5.41) is 8.26. The largest absolute Gasteiger partial charge is 0.451 e. The van der Waals surface area contributed by atoms with E-state index in [4.69, 9.17) is 13.6 Å². The molecule has 1 aliphatic rings. The van der Waals surface area contributed by atoms with E-state index in [0.29, 0.717) is 35.9 Å². The molecule has 8 heteroatoms. The Labute approximate surface area is 136 Å². The average molecular weight is 331 g/mol. The van der Waals surface area contributed by atoms with Crippen LogP contribution in [0.15, 0.2) is 33.1 Å². The van der Waals surface area contributed by atoms with Crippen molar-refractivity contribution in [2.24, 2.45) is 0 Å². The summed E-state index contributed by atoms with van der Waals surface area (Å²) in [6.07, 6.45) is -0.467. The lowest BCUT2D eigenvalue weighted by molar-refractivity contribution is -0.0356. The van der Waals surface area contributed by atoms with Gasteiger partial charge in [-0.15, -0.1) is 10.2 Å². The number of amides is 1. The molecule has 3 aromatic rings. The number of nitrogens with zero attached hydrogens (tertiary/aromatic N) is 3. The Morgan fingerprint density at radius 1 is 1.29 bits per heavy atom. The average Bonchev–Trinajstić information content (AvgIpc) is 3.20. The number of carbonyl (C=O) groups is 1. The zero-order valence-corrected chi connectivity index (χ0v) is 12.9. The van der Waals surface area contributed by atoms with Crippen molar-refractivity contribution in [3.63, 3.8) is 0 Å². The summed E-state index contributed by atoms with van der Waals surface area (Å²) in [4.78, 5) is 14.3. The summed E-state index contributed by atoms with van der Waals surface area (Å²) < 4.78 is 29.8. The van der Waals surface area contributed by atoms with E-state index >= 15 is 0 Å². The number of hydrogen-bond acceptors (Lipinski definition) is 6. The molecule has 2 aromatic heterocycles. The molecule has 1 aromatic carbocycles. The molecule has 3 heterocycles. The predicted octanol–water partition coefficient (Wildman–Crippen LogP) is 2.48. The molecule has 0 unspecified atom stereocenters. The van der Waals surface area contributed by atoms with Crippen LogP contribution < -0.4 is 0 Å². The summed E-state index contributed by atoms with van der Waals surface area (Å²) in [6.45, 7) is 2.75. The van der Waals surface area contributed by atoms with Crippen molar-refractivity contribution in [3.8, 4) is 0 Å². The van der Waals surface area contributed by atoms with Gasteiger partial charge in [0.15, 0.2) is 11.9 Å². The second kappa shape index (κ2) is 5.72. The van der Waals surface area contributed by atoms with Gasteiger partial charge in [0.2, 0.25) is 11.8 Å². The van der Waals surface area contributed by atoms with Gasteiger partial charge < -0.3 is 18.5 Å². The number of carbonyl (C=O) groups excluding carboxylic acids is 1. The SMILES string of the molecule is Cc1nnc([C@@H]2CN(C(=O)c3cc4cc(F)ccc4o3)CCO2)o1. The van der Waals surface area contributed by atoms with Crippen LogP contribution in [0.5, 0.6) is 0 Å². The topological polar surface area (TPSA) is 81.6 Å². The number of aryl methyl sites for hydroxylation is 1. The molecule has 7 nitrogen and oxygen atoms in total. The Hall–Kier alpha value is -2.74. The fourth-order valence-electron chi connectivity index (χ4n) is 2.70. The van der Waals surface area contributed by atoms with Crippen molar-refractivity contribution in [2.75, 3.05) is 19.7 Å². The Bertz CT molecular complexity index is 904. The van der Waals surface area contributed by atoms with Crippen molar-refractivity contribution in [2.45, 2.75) is 13.0 Å². The van der Waals surface area contributed by atoms with E-state index < -0.39 is 6.10 Å². The lowest BCUT2D eigenvalue weighted by Gasteiger charge is -2.30. The second-order valence-corrected chi connectivity index (χ2v) is 5.56. The molecule has 0 radical (unpaired) electrons. The molecule has 0 spiro atoms. The molecule has 0 saturated carbocycles. The number of morpholine rings is 1. The van der Waals surface area contributed by atoms with Crippen LogP contribution in [0.25, 0.3) is 11.0 Å². The van der Waals surface area contributed by atoms with Gasteiger partial charge in [0.1, 0.15) is 11.4 Å². The summed E-state index contributed by atoms with van der Waals surface area (Å²) in [5.41, 5.74) is 0.470. The molecule has 0 aliphatic carbocycles. The van der Waals surface area contributed by atoms with E-state index in [2.05, 4.69) is 10.2 Å². The van der Waals surface area contributed by atoms with Gasteiger partial charge >= 0.3 is 0 Å². The molecule has 24 heavy (non-hydrogen) atoms. The zero-order valence-electron chi connectivity index (χ0n) is 12.9. The number of benzene rings is 1. The first-order valence-electron chi connectivity index (χ1n) is 7.50. The van der Waals surface area contributed by atoms with Gasteiger partial charge in [0, 0.05) is 18.9 Å². The van der Waals surface area contributed by atoms with Crippen molar-refractivity contribution < 1.29 is 22.8 Å². The third-order valence-electron chi connectivity index (χ3n) is 3.86. The van der Waals surface area contributed by atoms with E-state index in [1.54, 1.807) is 17.9 Å². The number of ether oxygens (including phenoxy) is 1. The fourth-order valence-corrected chi connectivity index (χ4v) is 2.70. The smallest absolute Gasteiger partial charge is 0.289 e. The molecular formula is C16H14FN3O4. The van der Waals surface area contributed by atoms with Crippen LogP contribution in [-0.4, -0.2) is 40.7 Å². The normalized spacial score (nSPS) is 18.2. The van der Waals surface area contributed by atoms with Gasteiger partial charge in [-0.25, -0.2) is 4.39 Å². The van der Waals surface area contributed by atoms with E-state index in [9.17, 15) is 9.18 Å². The highest BCUT2D eigenvalue weighted by atomic mass is 19.1. The highest BCUT2D eigenvalue weighted by Crippen LogP contribution is 2.25. The molecular weight excluding hydrogens is 317 g/mol. The van der Waals surface area contributed by atoms with Crippen molar-refractivity contribution in [1.82, 2.24) is 15.1 Å². The highest BCUT2D eigenvalue weighted by molar-refractivity contribution is 5.96. The number of rotatable bonds is 2. The summed E-state index contributed by atoms with van der Waals surface area (Å²) in [6, 6.07) is 5.68. The molecule has 1 fully saturated rings. The quantitative estimate of drug-likeness (QED) is 0.717. The molecule has 1 amide bonds. The van der Waals surface area contributed by atoms with Gasteiger partial charge in [-0.1, -0.05) is 0 Å².